The van der Waals surface area contributed by atoms with Crippen LogP contribution in [0.15, 0.2) is 73.1 Å². The van der Waals surface area contributed by atoms with E-state index in [4.69, 9.17) is 19.4 Å². The number of methoxy groups -OCH3 is 2. The number of nitrogens with one attached hydrogen (secondary N) is 4. The van der Waals surface area contributed by atoms with Crippen LogP contribution in [0.5, 0.6) is 0 Å². The largest absolute Gasteiger partial charge is 0.453 e. The van der Waals surface area contributed by atoms with Crippen molar-refractivity contribution in [3.8, 4) is 33.6 Å². The number of aromatic nitrogens is 4. The minimum atomic E-state index is -0.686. The van der Waals surface area contributed by atoms with Crippen molar-refractivity contribution in [1.82, 2.24) is 40.4 Å². The minimum absolute atomic E-state index is 0.0905. The van der Waals surface area contributed by atoms with Gasteiger partial charge in [0.25, 0.3) is 0 Å². The van der Waals surface area contributed by atoms with Crippen molar-refractivity contribution in [3.05, 3.63) is 84.7 Å². The Morgan fingerprint density at radius 3 is 1.89 bits per heavy atom. The van der Waals surface area contributed by atoms with Gasteiger partial charge in [-0.2, -0.15) is 0 Å². The minimum Gasteiger partial charge on any atom is -0.453 e. The number of aromatic amines is 2. The molecule has 1 spiro atoms. The molecule has 6 atom stereocenters. The van der Waals surface area contributed by atoms with Crippen molar-refractivity contribution in [3.63, 3.8) is 0 Å². The normalized spacial score (nSPS) is 22.1. The van der Waals surface area contributed by atoms with Crippen LogP contribution in [0.2, 0.25) is 0 Å². The summed E-state index contributed by atoms with van der Waals surface area (Å²) in [4.78, 5) is 72.7. The van der Waals surface area contributed by atoms with Crippen LogP contribution in [0.25, 0.3) is 44.4 Å². The van der Waals surface area contributed by atoms with Gasteiger partial charge in [0.1, 0.15) is 23.7 Å². The summed E-state index contributed by atoms with van der Waals surface area (Å²) in [6, 6.07) is 19.7. The number of piperidine rings is 1. The second-order valence-corrected chi connectivity index (χ2v) is 18.5. The zero-order valence-corrected chi connectivity index (χ0v) is 36.2. The molecule has 2 aliphatic carbocycles. The van der Waals surface area contributed by atoms with Crippen LogP contribution in [0.1, 0.15) is 90.0 Å². The molecular weight excluding hydrogens is 785 g/mol. The number of rotatable bonds is 11. The van der Waals surface area contributed by atoms with Crippen LogP contribution < -0.4 is 10.6 Å². The highest BCUT2D eigenvalue weighted by Crippen LogP contribution is 2.58. The average Bonchev–Trinajstić information content (AvgIpc) is 3.91. The molecule has 2 saturated carbocycles. The number of alkyl carbamates (subject to hydrolysis) is 2. The van der Waals surface area contributed by atoms with E-state index >= 15 is 0 Å². The molecule has 4 N–H and O–H groups in total. The lowest BCUT2D eigenvalue weighted by atomic mass is 9.95. The number of imidazole rings is 2. The molecule has 4 fully saturated rings. The van der Waals surface area contributed by atoms with Gasteiger partial charge in [-0.05, 0) is 101 Å². The second kappa shape index (κ2) is 16.3. The van der Waals surface area contributed by atoms with Crippen LogP contribution in [0.4, 0.5) is 9.59 Å². The zero-order valence-electron chi connectivity index (χ0n) is 36.2. The quantitative estimate of drug-likeness (QED) is 0.103. The molecule has 14 nitrogen and oxygen atoms in total. The molecule has 0 radical (unpaired) electrons. The first-order valence-electron chi connectivity index (χ1n) is 21.9. The van der Waals surface area contributed by atoms with Crippen LogP contribution in [-0.2, 0) is 19.1 Å². The van der Waals surface area contributed by atoms with E-state index in [9.17, 15) is 19.2 Å². The first kappa shape index (κ1) is 41.2. The zero-order chi connectivity index (χ0) is 43.4. The summed E-state index contributed by atoms with van der Waals surface area (Å²) in [5.74, 6) is 1.44. The number of H-pyrrole nitrogens is 2. The Labute approximate surface area is 361 Å². The predicted molar refractivity (Wildman–Crippen MR) is 234 cm³/mol. The molecule has 9 rings (SSSR count). The third-order valence-corrected chi connectivity index (χ3v) is 13.8. The molecule has 2 aromatic heterocycles. The first-order chi connectivity index (χ1) is 29.8. The van der Waals surface area contributed by atoms with E-state index in [1.807, 2.05) is 49.9 Å². The second-order valence-electron chi connectivity index (χ2n) is 18.5. The van der Waals surface area contributed by atoms with Gasteiger partial charge in [0, 0.05) is 18.2 Å². The molecule has 1 unspecified atom stereocenters. The van der Waals surface area contributed by atoms with Gasteiger partial charge in [-0.1, -0.05) is 76.2 Å². The van der Waals surface area contributed by atoms with Crippen molar-refractivity contribution in [1.29, 1.82) is 0 Å². The van der Waals surface area contributed by atoms with Crippen LogP contribution in [-0.4, -0.2) is 92.6 Å². The molecule has 4 amide bonds. The van der Waals surface area contributed by atoms with E-state index in [0.29, 0.717) is 12.5 Å². The Balaban J connectivity index is 0.893. The summed E-state index contributed by atoms with van der Waals surface area (Å²) in [5.41, 5.74) is 6.09. The fraction of sp³-hybridized carbons (Fsp3) is 0.458. The monoisotopic (exact) mass is 840 g/mol. The van der Waals surface area contributed by atoms with Gasteiger partial charge in [-0.3, -0.25) is 9.59 Å². The lowest BCUT2D eigenvalue weighted by Crippen LogP contribution is -2.54. The Morgan fingerprint density at radius 2 is 1.26 bits per heavy atom. The van der Waals surface area contributed by atoms with Gasteiger partial charge in [0.15, 0.2) is 0 Å². The molecule has 324 valence electrons. The molecule has 2 saturated heterocycles. The summed E-state index contributed by atoms with van der Waals surface area (Å²) in [6.07, 6.45) is 8.43. The number of likely N-dealkylation sites (tertiary alicyclic amines) is 2. The summed E-state index contributed by atoms with van der Waals surface area (Å²) >= 11 is 0. The van der Waals surface area contributed by atoms with Crippen molar-refractivity contribution >= 4 is 34.8 Å². The van der Waals surface area contributed by atoms with Crippen molar-refractivity contribution in [2.45, 2.75) is 96.4 Å². The van der Waals surface area contributed by atoms with Crippen molar-refractivity contribution < 1.29 is 28.7 Å². The number of hydrogen-bond acceptors (Lipinski definition) is 8. The fourth-order valence-electron chi connectivity index (χ4n) is 10.2. The first-order valence-corrected chi connectivity index (χ1v) is 21.9. The molecule has 2 aliphatic heterocycles. The molecular formula is C48H56N8O6. The number of hydrogen-bond donors (Lipinski definition) is 4. The number of ether oxygens (including phenoxy) is 2. The molecule has 3 aromatic carbocycles. The maximum atomic E-state index is 14.0. The number of carbonyl (C=O) groups excluding carboxylic acids is 4. The van der Waals surface area contributed by atoms with Crippen molar-refractivity contribution in [2.75, 3.05) is 20.8 Å². The number of amides is 4. The molecule has 4 aliphatic rings. The Morgan fingerprint density at radius 1 is 0.710 bits per heavy atom. The number of carbonyl (C=O) groups is 4. The molecule has 62 heavy (non-hydrogen) atoms. The van der Waals surface area contributed by atoms with Crippen LogP contribution in [0, 0.1) is 23.2 Å². The van der Waals surface area contributed by atoms with E-state index in [2.05, 4.69) is 81.3 Å². The molecule has 5 aromatic rings. The van der Waals surface area contributed by atoms with Gasteiger partial charge in [0.2, 0.25) is 11.8 Å². The van der Waals surface area contributed by atoms with E-state index < -0.39 is 24.3 Å². The molecule has 2 bridgehead atoms. The van der Waals surface area contributed by atoms with Gasteiger partial charge in [-0.25, -0.2) is 19.6 Å². The molecule has 14 heteroatoms. The summed E-state index contributed by atoms with van der Waals surface area (Å²) in [5, 5.41) is 7.73. The van der Waals surface area contributed by atoms with E-state index in [-0.39, 0.29) is 47.2 Å². The fourth-order valence-corrected chi connectivity index (χ4v) is 10.2. The van der Waals surface area contributed by atoms with Gasteiger partial charge < -0.3 is 39.9 Å². The maximum Gasteiger partial charge on any atom is 0.407 e. The van der Waals surface area contributed by atoms with E-state index in [0.717, 1.165) is 94.6 Å². The van der Waals surface area contributed by atoms with Gasteiger partial charge in [0.05, 0.1) is 50.1 Å². The van der Waals surface area contributed by atoms with Crippen molar-refractivity contribution in [2.24, 2.45) is 23.2 Å². The lowest BCUT2D eigenvalue weighted by Gasteiger charge is -2.37. The summed E-state index contributed by atoms with van der Waals surface area (Å²) < 4.78 is 9.65. The van der Waals surface area contributed by atoms with E-state index in [1.165, 1.54) is 14.2 Å². The number of benzene rings is 3. The Kier molecular flexibility index (Phi) is 10.8. The van der Waals surface area contributed by atoms with Crippen LogP contribution >= 0.6 is 0 Å². The van der Waals surface area contributed by atoms with Gasteiger partial charge >= 0.3 is 12.2 Å². The maximum absolute atomic E-state index is 14.0. The highest BCUT2D eigenvalue weighted by Gasteiger charge is 2.55. The van der Waals surface area contributed by atoms with E-state index in [1.54, 1.807) is 0 Å². The molecule has 4 heterocycles. The summed E-state index contributed by atoms with van der Waals surface area (Å²) in [7, 11) is 2.62. The Hall–Kier alpha value is -6.18. The third-order valence-electron chi connectivity index (χ3n) is 13.8. The number of nitrogens with zero attached hydrogens (tertiary/aromatic N) is 4. The SMILES string of the molecule is COC(=O)N[C@H](C(=O)N1CC2(CC2)C[C@H]1c1ncc(-c2ccc(-c3ccc4cc(-c5cnc(C6[C@@H]7CC[C@H](C7)N6C(=O)[C@@H](NC(=O)OC)C(C)C)[nH]5)ccc4c3)cc2)[nH]1)C(C)C. The third kappa shape index (κ3) is 7.68. The predicted octanol–water partition coefficient (Wildman–Crippen LogP) is 8.15. The van der Waals surface area contributed by atoms with Crippen LogP contribution in [0.3, 0.4) is 0 Å². The lowest BCUT2D eigenvalue weighted by molar-refractivity contribution is -0.139. The smallest absolute Gasteiger partial charge is 0.407 e. The standard InChI is InChI=1S/C48H56N8O6/c1-26(2)39(53-46(59)61-5)44(57)55-25-48(17-18-48)22-38(55)42-49-23-36(51-42)29-9-7-28(8-10-29)30-11-12-32-20-33(14-13-31(32)19-30)37-24-50-43(52-37)41-34-15-16-35(21-34)56(41)45(58)40(27(3)4)54-47(60)62-6/h7-14,19-20,23-24,26-27,34-35,38-41H,15-18,21-22,25H2,1-6H3,(H,49,51)(H,50,52)(H,53,59)(H,54,60)/t34-,35-,38+,39+,40+,41?/m1/s1. The highest BCUT2D eigenvalue weighted by molar-refractivity contribution is 5.91. The Bertz CT molecular complexity index is 2510. The average molecular weight is 841 g/mol. The number of fused-ring (bicyclic) bond motifs is 3. The topological polar surface area (TPSA) is 175 Å². The summed E-state index contributed by atoms with van der Waals surface area (Å²) in [6.45, 7) is 8.37. The highest BCUT2D eigenvalue weighted by atomic mass is 16.5. The van der Waals surface area contributed by atoms with Gasteiger partial charge in [-0.15, -0.1) is 0 Å².